The Bertz CT molecular complexity index is 2780. The number of aromatic nitrogens is 1. The zero-order valence-corrected chi connectivity index (χ0v) is 26.7. The molecular weight excluding hydrogens is 591 g/mol. The Morgan fingerprint density at radius 3 is 1.73 bits per heavy atom. The van der Waals surface area contributed by atoms with Crippen LogP contribution in [0.15, 0.2) is 176 Å². The van der Waals surface area contributed by atoms with Crippen LogP contribution in [0.1, 0.15) is 0 Å². The van der Waals surface area contributed by atoms with Gasteiger partial charge < -0.3 is 9.38 Å². The Balaban J connectivity index is 1.31. The number of rotatable bonds is 4. The van der Waals surface area contributed by atoms with Crippen molar-refractivity contribution in [2.45, 2.75) is 0 Å². The van der Waals surface area contributed by atoms with Crippen molar-refractivity contribution in [1.82, 2.24) is 4.48 Å². The monoisotopic (exact) mass is 620 g/mol. The highest BCUT2D eigenvalue weighted by atomic mass is 15.1. The highest BCUT2D eigenvalue weighted by Crippen LogP contribution is 2.49. The van der Waals surface area contributed by atoms with Crippen LogP contribution in [0.2, 0.25) is 0 Å². The number of hydrogen-bond acceptors (Lipinski definition) is 1. The summed E-state index contributed by atoms with van der Waals surface area (Å²) >= 11 is 0. The Morgan fingerprint density at radius 2 is 0.980 bits per heavy atom. The Kier molecular flexibility index (Phi) is 5.50. The average Bonchev–Trinajstić information content (AvgIpc) is 3.50. The average molecular weight is 621 g/mol. The molecule has 0 N–H and O–H groups in total. The molecule has 49 heavy (non-hydrogen) atoms. The molecule has 0 saturated heterocycles. The number of benzene rings is 8. The first-order valence-corrected chi connectivity index (χ1v) is 17.1. The highest BCUT2D eigenvalue weighted by molar-refractivity contribution is 6.88. The third-order valence-electron chi connectivity index (χ3n) is 10.7. The van der Waals surface area contributed by atoms with E-state index >= 15 is 0 Å². The van der Waals surface area contributed by atoms with Gasteiger partial charge in [0.15, 0.2) is 0 Å². The molecule has 0 spiro atoms. The fraction of sp³-hybridized carbons (Fsp3) is 0. The van der Waals surface area contributed by atoms with E-state index in [0.29, 0.717) is 0 Å². The summed E-state index contributed by atoms with van der Waals surface area (Å²) in [5, 5.41) is 5.05. The smallest absolute Gasteiger partial charge is 0.329 e. The van der Waals surface area contributed by atoms with E-state index in [9.17, 15) is 0 Å². The van der Waals surface area contributed by atoms with Gasteiger partial charge >= 0.3 is 6.85 Å². The van der Waals surface area contributed by atoms with Crippen LogP contribution in [-0.4, -0.2) is 11.3 Å². The minimum absolute atomic E-state index is 0.115. The normalized spacial score (nSPS) is 12.4. The third-order valence-corrected chi connectivity index (χ3v) is 10.7. The van der Waals surface area contributed by atoms with Gasteiger partial charge in [0.1, 0.15) is 0 Å². The van der Waals surface area contributed by atoms with Gasteiger partial charge in [0.2, 0.25) is 0 Å². The van der Waals surface area contributed by atoms with Crippen molar-refractivity contribution in [3.8, 4) is 33.4 Å². The standard InChI is InChI=1S/C46H29BN2/c1-3-14-30(15-4-1)32-26-38-36-21-9-11-23-42(36)47-43-24-12-10-22-37(43)40-28-34(29-41-39(27-32)45(38)49(47)46(40)41)48(33-18-5-2-6-19-33)44-25-13-17-31-16-7-8-20-35(31)44/h1-29H. The summed E-state index contributed by atoms with van der Waals surface area (Å²) in [6.07, 6.45) is 0. The highest BCUT2D eigenvalue weighted by Gasteiger charge is 2.39. The topological polar surface area (TPSA) is 8.17 Å². The summed E-state index contributed by atoms with van der Waals surface area (Å²) in [6, 6.07) is 64.9. The second-order valence-electron chi connectivity index (χ2n) is 13.3. The lowest BCUT2D eigenvalue weighted by atomic mass is 9.45. The van der Waals surface area contributed by atoms with E-state index in [1.165, 1.54) is 82.6 Å². The Hall–Kier alpha value is -6.32. The second-order valence-corrected chi connectivity index (χ2v) is 13.3. The minimum Gasteiger partial charge on any atom is -0.375 e. The van der Waals surface area contributed by atoms with Crippen molar-refractivity contribution in [3.05, 3.63) is 176 Å². The third kappa shape index (κ3) is 3.73. The van der Waals surface area contributed by atoms with Crippen LogP contribution >= 0.6 is 0 Å². The van der Waals surface area contributed by atoms with E-state index in [2.05, 4.69) is 185 Å². The van der Waals surface area contributed by atoms with Crippen LogP contribution in [0.3, 0.4) is 0 Å². The summed E-state index contributed by atoms with van der Waals surface area (Å²) in [6.45, 7) is 0.115. The Labute approximate surface area is 285 Å². The fourth-order valence-corrected chi connectivity index (χ4v) is 8.71. The first-order valence-electron chi connectivity index (χ1n) is 17.1. The van der Waals surface area contributed by atoms with E-state index in [1.807, 2.05) is 0 Å². The molecule has 9 aromatic rings. The number of hydrogen-bond donors (Lipinski definition) is 0. The lowest BCUT2D eigenvalue weighted by molar-refractivity contribution is 1.29. The molecule has 2 nitrogen and oxygen atoms in total. The lowest BCUT2D eigenvalue weighted by Crippen LogP contribution is -2.53. The van der Waals surface area contributed by atoms with Crippen LogP contribution in [0.4, 0.5) is 17.1 Å². The van der Waals surface area contributed by atoms with Crippen LogP contribution in [-0.2, 0) is 0 Å². The predicted octanol–water partition coefficient (Wildman–Crippen LogP) is 10.7. The summed E-state index contributed by atoms with van der Waals surface area (Å²) < 4.78 is 2.66. The molecule has 0 atom stereocenters. The largest absolute Gasteiger partial charge is 0.375 e. The minimum atomic E-state index is 0.115. The molecule has 0 bridgehead atoms. The zero-order chi connectivity index (χ0) is 32.1. The van der Waals surface area contributed by atoms with Crippen molar-refractivity contribution in [3.63, 3.8) is 0 Å². The Morgan fingerprint density at radius 1 is 0.388 bits per heavy atom. The van der Waals surface area contributed by atoms with Crippen molar-refractivity contribution in [1.29, 1.82) is 0 Å². The molecule has 2 aliphatic heterocycles. The summed E-state index contributed by atoms with van der Waals surface area (Å²) in [7, 11) is 0. The van der Waals surface area contributed by atoms with Gasteiger partial charge in [-0.25, -0.2) is 0 Å². The summed E-state index contributed by atoms with van der Waals surface area (Å²) in [4.78, 5) is 2.45. The summed E-state index contributed by atoms with van der Waals surface area (Å²) in [5.74, 6) is 0. The van der Waals surface area contributed by atoms with Gasteiger partial charge in [-0.05, 0) is 81.0 Å². The predicted molar refractivity (Wildman–Crippen MR) is 208 cm³/mol. The second kappa shape index (κ2) is 10.1. The van der Waals surface area contributed by atoms with Gasteiger partial charge in [-0.3, -0.25) is 0 Å². The fourth-order valence-electron chi connectivity index (χ4n) is 8.71. The molecular formula is C46H29BN2. The maximum atomic E-state index is 2.66. The molecule has 8 aromatic carbocycles. The maximum absolute atomic E-state index is 2.66. The van der Waals surface area contributed by atoms with E-state index in [4.69, 9.17) is 0 Å². The van der Waals surface area contributed by atoms with E-state index in [0.717, 1.165) is 11.4 Å². The van der Waals surface area contributed by atoms with Gasteiger partial charge in [0, 0.05) is 49.7 Å². The van der Waals surface area contributed by atoms with Crippen LogP contribution < -0.4 is 15.8 Å². The molecule has 2 aliphatic rings. The molecule has 3 heteroatoms. The number of fused-ring (bicyclic) bond motifs is 8. The summed E-state index contributed by atoms with van der Waals surface area (Å²) in [5.41, 5.74) is 16.5. The van der Waals surface area contributed by atoms with Gasteiger partial charge in [-0.2, -0.15) is 0 Å². The molecule has 226 valence electrons. The molecule has 0 unspecified atom stereocenters. The van der Waals surface area contributed by atoms with Gasteiger partial charge in [0.05, 0.1) is 5.69 Å². The molecule has 3 heterocycles. The molecule has 1 aromatic heterocycles. The number of anilines is 3. The van der Waals surface area contributed by atoms with Crippen molar-refractivity contribution >= 4 is 67.4 Å². The SMILES string of the molecule is c1ccc(-c2cc3c4c(c2)c2cc(N(c5ccccc5)c5cccc6ccccc56)cc5c2n4B(c2ccccc2-3)c2ccccc2-5)cc1. The van der Waals surface area contributed by atoms with Crippen LogP contribution in [0.25, 0.3) is 66.0 Å². The lowest BCUT2D eigenvalue weighted by Gasteiger charge is -2.33. The van der Waals surface area contributed by atoms with E-state index in [-0.39, 0.29) is 6.85 Å². The van der Waals surface area contributed by atoms with Crippen LogP contribution in [0.5, 0.6) is 0 Å². The maximum Gasteiger partial charge on any atom is 0.329 e. The zero-order valence-electron chi connectivity index (χ0n) is 26.7. The van der Waals surface area contributed by atoms with Crippen molar-refractivity contribution < 1.29 is 0 Å². The molecule has 0 amide bonds. The van der Waals surface area contributed by atoms with Crippen molar-refractivity contribution in [2.75, 3.05) is 4.90 Å². The van der Waals surface area contributed by atoms with E-state index in [1.54, 1.807) is 0 Å². The van der Waals surface area contributed by atoms with Crippen LogP contribution in [0, 0.1) is 0 Å². The number of nitrogens with zero attached hydrogens (tertiary/aromatic N) is 2. The molecule has 0 saturated carbocycles. The van der Waals surface area contributed by atoms with Gasteiger partial charge in [-0.15, -0.1) is 0 Å². The number of para-hydroxylation sites is 1. The first-order chi connectivity index (χ1) is 24.3. The van der Waals surface area contributed by atoms with Gasteiger partial charge in [-0.1, -0.05) is 133 Å². The molecule has 0 aliphatic carbocycles. The van der Waals surface area contributed by atoms with E-state index < -0.39 is 0 Å². The first kappa shape index (κ1) is 26.7. The van der Waals surface area contributed by atoms with Gasteiger partial charge in [0.25, 0.3) is 0 Å². The molecule has 0 radical (unpaired) electrons. The molecule has 0 fully saturated rings. The van der Waals surface area contributed by atoms with Crippen molar-refractivity contribution in [2.24, 2.45) is 0 Å². The quantitative estimate of drug-likeness (QED) is 0.178. The molecule has 11 rings (SSSR count).